The van der Waals surface area contributed by atoms with E-state index in [0.717, 1.165) is 0 Å². The lowest BCUT2D eigenvalue weighted by atomic mass is 9.62. The van der Waals surface area contributed by atoms with Crippen molar-refractivity contribution < 1.29 is 41.6 Å². The highest BCUT2D eigenvalue weighted by atomic mass is 35.5. The van der Waals surface area contributed by atoms with Crippen molar-refractivity contribution in [3.8, 4) is 0 Å². The van der Waals surface area contributed by atoms with E-state index in [1.54, 1.807) is 13.8 Å². The van der Waals surface area contributed by atoms with Crippen molar-refractivity contribution in [2.75, 3.05) is 25.1 Å². The number of phosphoric acid groups is 1. The normalized spacial score (nSPS) is 23.0. The molecule has 0 unspecified atom stereocenters. The van der Waals surface area contributed by atoms with Crippen LogP contribution in [0.25, 0.3) is 0 Å². The van der Waals surface area contributed by atoms with Gasteiger partial charge in [-0.1, -0.05) is 50.0 Å². The quantitative estimate of drug-likeness (QED) is 0.168. The summed E-state index contributed by atoms with van der Waals surface area (Å²) in [5.41, 5.74) is -0.676. The molecule has 5 atom stereocenters. The van der Waals surface area contributed by atoms with E-state index in [0.29, 0.717) is 23.2 Å². The average Bonchev–Trinajstić information content (AvgIpc) is 3.43. The van der Waals surface area contributed by atoms with Crippen LogP contribution in [0.15, 0.2) is 30.3 Å². The van der Waals surface area contributed by atoms with Crippen molar-refractivity contribution in [3.63, 3.8) is 0 Å². The predicted octanol–water partition coefficient (Wildman–Crippen LogP) is 7.74. The van der Waals surface area contributed by atoms with Gasteiger partial charge in [-0.05, 0) is 73.9 Å². The summed E-state index contributed by atoms with van der Waals surface area (Å²) in [5, 5.41) is 16.4. The van der Waals surface area contributed by atoms with Crippen LogP contribution in [0.3, 0.4) is 0 Å². The van der Waals surface area contributed by atoms with Gasteiger partial charge in [0.05, 0.1) is 42.0 Å². The number of phosphoric ester groups is 1. The number of hydrogen-bond acceptors (Lipinski definition) is 8. The number of Topliss-reactive ketones (excluding diaryl/α,β-unsaturated/α-hetero) is 1. The van der Waals surface area contributed by atoms with Crippen molar-refractivity contribution in [1.82, 2.24) is 5.32 Å². The minimum absolute atomic E-state index is 0. The molecule has 1 amide bonds. The predicted molar refractivity (Wildman–Crippen MR) is 180 cm³/mol. The van der Waals surface area contributed by atoms with Crippen LogP contribution < -0.4 is 10.6 Å². The fourth-order valence-corrected chi connectivity index (χ4v) is 8.11. The first-order valence-corrected chi connectivity index (χ1v) is 17.5. The molecule has 0 bridgehead atoms. The highest BCUT2D eigenvalue weighted by molar-refractivity contribution is 7.48. The number of halogens is 5. The van der Waals surface area contributed by atoms with Crippen LogP contribution in [0.4, 0.5) is 14.5 Å². The third-order valence-corrected chi connectivity index (χ3v) is 10.5. The molecule has 4 rings (SSSR count). The Balaban J connectivity index is 0.00000600. The molecule has 2 heterocycles. The molecule has 15 heteroatoms. The lowest BCUT2D eigenvalue weighted by molar-refractivity contribution is -0.122. The number of anilines is 1. The Labute approximate surface area is 290 Å². The summed E-state index contributed by atoms with van der Waals surface area (Å²) in [4.78, 5) is 28.2. The highest BCUT2D eigenvalue weighted by Crippen LogP contribution is 2.57. The zero-order valence-corrected chi connectivity index (χ0v) is 30.1. The first-order valence-electron chi connectivity index (χ1n) is 15.3. The number of carbonyl (C=O) groups excluding carboxylic acids is 2. The SMILES string of the molecule is CCOP(=O)(OCC)OC[C@@H](O)CCCC(=O)[C@@H]1N[C@H](CC(C)(C)C)[C@]2(C(=O)Nc3cc(Cl)c(F)cc32)[C@H]1c1ccc(F)c(Cl)c1.Cl. The molecule has 1 fully saturated rings. The van der Waals surface area contributed by atoms with Crippen LogP contribution >= 0.6 is 43.4 Å². The molecule has 1 spiro atoms. The van der Waals surface area contributed by atoms with Crippen molar-refractivity contribution in [2.45, 2.75) is 89.8 Å². The van der Waals surface area contributed by atoms with Crippen LogP contribution in [0, 0.1) is 17.0 Å². The Morgan fingerprint density at radius 2 is 1.70 bits per heavy atom. The number of amides is 1. The number of ketones is 1. The Kier molecular flexibility index (Phi) is 13.5. The second-order valence-electron chi connectivity index (χ2n) is 12.8. The zero-order valence-electron chi connectivity index (χ0n) is 26.9. The molecule has 1 saturated heterocycles. The van der Waals surface area contributed by atoms with E-state index >= 15 is 4.39 Å². The van der Waals surface area contributed by atoms with Gasteiger partial charge in [-0.3, -0.25) is 23.2 Å². The summed E-state index contributed by atoms with van der Waals surface area (Å²) in [5.74, 6) is -2.98. The summed E-state index contributed by atoms with van der Waals surface area (Å²) in [6.07, 6.45) is -0.278. The standard InChI is InChI=1S/C32H41Cl2F2N2O7P.ClH/c1-6-43-46(42,44-7-2)45-17-19(39)9-8-10-26(40)29-28(18-11-12-23(35)21(33)13-18)32(27(38-29)16-31(3,4)5)20-14-24(36)22(34)15-25(20)37-30(32)41;/h11-15,19,27-29,38-39H,6-10,16-17H2,1-5H3,(H,37,41);1H/t19-,27+,28-,29-,32-;/m0./s1. The summed E-state index contributed by atoms with van der Waals surface area (Å²) in [6.45, 7) is 9.12. The number of hydrogen-bond donors (Lipinski definition) is 3. The molecular formula is C32H42Cl3F2N2O7P. The van der Waals surface area contributed by atoms with Crippen molar-refractivity contribution in [1.29, 1.82) is 0 Å². The molecule has 47 heavy (non-hydrogen) atoms. The second-order valence-corrected chi connectivity index (χ2v) is 15.3. The first kappa shape index (κ1) is 39.8. The fourth-order valence-electron chi connectivity index (χ4n) is 6.55. The Morgan fingerprint density at radius 1 is 1.06 bits per heavy atom. The van der Waals surface area contributed by atoms with Crippen LogP contribution in [-0.4, -0.2) is 54.8 Å². The summed E-state index contributed by atoms with van der Waals surface area (Å²) in [7, 11) is -3.82. The summed E-state index contributed by atoms with van der Waals surface area (Å²) < 4.78 is 57.4. The number of benzene rings is 2. The highest BCUT2D eigenvalue weighted by Gasteiger charge is 2.65. The van der Waals surface area contributed by atoms with Gasteiger partial charge in [-0.25, -0.2) is 13.3 Å². The zero-order chi connectivity index (χ0) is 34.0. The number of nitrogens with one attached hydrogen (secondary N) is 2. The molecule has 2 aromatic rings. The molecule has 0 radical (unpaired) electrons. The average molecular weight is 742 g/mol. The minimum atomic E-state index is -3.82. The van der Waals surface area contributed by atoms with Gasteiger partial charge in [-0.15, -0.1) is 12.4 Å². The van der Waals surface area contributed by atoms with E-state index in [2.05, 4.69) is 10.6 Å². The number of rotatable bonds is 14. The van der Waals surface area contributed by atoms with Gasteiger partial charge in [0, 0.05) is 24.1 Å². The largest absolute Gasteiger partial charge is 0.474 e. The number of fused-ring (bicyclic) bond motifs is 2. The first-order chi connectivity index (χ1) is 21.6. The topological polar surface area (TPSA) is 123 Å². The van der Waals surface area contributed by atoms with E-state index in [4.69, 9.17) is 36.8 Å². The van der Waals surface area contributed by atoms with E-state index < -0.39 is 54.9 Å². The third-order valence-electron chi connectivity index (χ3n) is 8.31. The monoisotopic (exact) mass is 740 g/mol. The van der Waals surface area contributed by atoms with Gasteiger partial charge < -0.3 is 15.7 Å². The van der Waals surface area contributed by atoms with Gasteiger partial charge in [0.25, 0.3) is 0 Å². The van der Waals surface area contributed by atoms with Gasteiger partial charge in [0.15, 0.2) is 0 Å². The smallest absolute Gasteiger partial charge is 0.391 e. The molecule has 0 aliphatic carbocycles. The molecule has 2 aromatic carbocycles. The van der Waals surface area contributed by atoms with Crippen LogP contribution in [-0.2, 0) is 33.1 Å². The fraction of sp³-hybridized carbons (Fsp3) is 0.562. The van der Waals surface area contributed by atoms with Crippen LogP contribution in [0.1, 0.15) is 77.3 Å². The summed E-state index contributed by atoms with van der Waals surface area (Å²) >= 11 is 12.3. The molecule has 0 saturated carbocycles. The van der Waals surface area contributed by atoms with Gasteiger partial charge in [0.2, 0.25) is 5.91 Å². The van der Waals surface area contributed by atoms with E-state index in [-0.39, 0.29) is 72.7 Å². The molecular weight excluding hydrogens is 700 g/mol. The maximum Gasteiger partial charge on any atom is 0.474 e. The molecule has 3 N–H and O–H groups in total. The van der Waals surface area contributed by atoms with Crippen molar-refractivity contribution in [3.05, 3.63) is 63.1 Å². The molecule has 2 aliphatic heterocycles. The van der Waals surface area contributed by atoms with E-state index in [1.165, 1.54) is 30.3 Å². The van der Waals surface area contributed by atoms with Crippen molar-refractivity contribution >= 4 is 60.8 Å². The molecule has 2 aliphatic rings. The maximum absolute atomic E-state index is 15.1. The lowest BCUT2D eigenvalue weighted by Crippen LogP contribution is -2.49. The van der Waals surface area contributed by atoms with Gasteiger partial charge in [0.1, 0.15) is 22.8 Å². The molecule has 9 nitrogen and oxygen atoms in total. The number of carbonyl (C=O) groups is 2. The van der Waals surface area contributed by atoms with E-state index in [9.17, 15) is 23.7 Å². The molecule has 0 aromatic heterocycles. The third kappa shape index (κ3) is 8.56. The summed E-state index contributed by atoms with van der Waals surface area (Å²) in [6, 6.07) is 5.07. The molecule has 262 valence electrons. The van der Waals surface area contributed by atoms with Crippen LogP contribution in [0.5, 0.6) is 0 Å². The van der Waals surface area contributed by atoms with Gasteiger partial charge >= 0.3 is 7.82 Å². The van der Waals surface area contributed by atoms with Crippen molar-refractivity contribution in [2.24, 2.45) is 5.41 Å². The number of aliphatic hydroxyl groups excluding tert-OH is 1. The van der Waals surface area contributed by atoms with Crippen LogP contribution in [0.2, 0.25) is 10.0 Å². The minimum Gasteiger partial charge on any atom is -0.391 e. The maximum atomic E-state index is 15.1. The lowest BCUT2D eigenvalue weighted by Gasteiger charge is -2.37. The van der Waals surface area contributed by atoms with E-state index in [1.807, 2.05) is 20.8 Å². The Bertz CT molecular complexity index is 1500. The Hall–Kier alpha value is -1.66. The second kappa shape index (κ2) is 15.9. The Morgan fingerprint density at radius 3 is 2.30 bits per heavy atom. The number of aliphatic hydroxyl groups is 1. The van der Waals surface area contributed by atoms with Gasteiger partial charge in [-0.2, -0.15) is 0 Å².